The minimum Gasteiger partial charge on any atom is -0.356 e. The number of rotatable bonds is 4. The van der Waals surface area contributed by atoms with E-state index in [2.05, 4.69) is 25.2 Å². The van der Waals surface area contributed by atoms with Crippen molar-refractivity contribution < 1.29 is 9.59 Å². The van der Waals surface area contributed by atoms with Gasteiger partial charge in [0.1, 0.15) is 0 Å². The molecule has 21 heavy (non-hydrogen) atoms. The van der Waals surface area contributed by atoms with Gasteiger partial charge in [-0.15, -0.1) is 0 Å². The van der Waals surface area contributed by atoms with Crippen LogP contribution in [0.1, 0.15) is 44.4 Å². The molecular weight excluding hydrogens is 264 g/mol. The maximum atomic E-state index is 12.1. The SMILES string of the molecule is CC(=O)N1CCc2ccccc2[C@H]1CC(=O)NCC(C)C. The second-order valence-electron chi connectivity index (χ2n) is 6.08. The minimum atomic E-state index is -0.139. The zero-order chi connectivity index (χ0) is 15.4. The molecule has 4 nitrogen and oxygen atoms in total. The molecule has 1 heterocycles. The summed E-state index contributed by atoms with van der Waals surface area (Å²) in [7, 11) is 0. The summed E-state index contributed by atoms with van der Waals surface area (Å²) in [4.78, 5) is 25.8. The first-order chi connectivity index (χ1) is 9.99. The van der Waals surface area contributed by atoms with E-state index in [9.17, 15) is 9.59 Å². The Labute approximate surface area is 126 Å². The van der Waals surface area contributed by atoms with Crippen LogP contribution in [-0.2, 0) is 16.0 Å². The fraction of sp³-hybridized carbons (Fsp3) is 0.529. The molecule has 0 radical (unpaired) electrons. The van der Waals surface area contributed by atoms with Gasteiger partial charge in [-0.05, 0) is 23.5 Å². The predicted octanol–water partition coefficient (Wildman–Crippen LogP) is 2.29. The molecule has 1 aliphatic heterocycles. The van der Waals surface area contributed by atoms with E-state index in [4.69, 9.17) is 0 Å². The molecule has 0 aliphatic carbocycles. The number of carbonyl (C=O) groups is 2. The van der Waals surface area contributed by atoms with Crippen LogP contribution >= 0.6 is 0 Å². The molecule has 1 aromatic carbocycles. The van der Waals surface area contributed by atoms with Crippen LogP contribution in [0.3, 0.4) is 0 Å². The van der Waals surface area contributed by atoms with Gasteiger partial charge in [-0.2, -0.15) is 0 Å². The van der Waals surface area contributed by atoms with Crippen LogP contribution < -0.4 is 5.32 Å². The third-order valence-corrected chi connectivity index (χ3v) is 3.90. The molecule has 1 aliphatic rings. The average molecular weight is 288 g/mol. The van der Waals surface area contributed by atoms with E-state index in [1.54, 1.807) is 6.92 Å². The number of nitrogens with zero attached hydrogens (tertiary/aromatic N) is 1. The molecule has 0 aromatic heterocycles. The molecule has 0 saturated heterocycles. The second-order valence-corrected chi connectivity index (χ2v) is 6.08. The van der Waals surface area contributed by atoms with Crippen LogP contribution in [0.2, 0.25) is 0 Å². The molecule has 1 N–H and O–H groups in total. The highest BCUT2D eigenvalue weighted by Crippen LogP contribution is 2.32. The summed E-state index contributed by atoms with van der Waals surface area (Å²) in [6.07, 6.45) is 1.20. The Morgan fingerprint density at radius 2 is 2.05 bits per heavy atom. The number of benzene rings is 1. The highest BCUT2D eigenvalue weighted by Gasteiger charge is 2.30. The van der Waals surface area contributed by atoms with Crippen molar-refractivity contribution >= 4 is 11.8 Å². The number of nitrogens with one attached hydrogen (secondary N) is 1. The molecule has 0 bridgehead atoms. The van der Waals surface area contributed by atoms with Crippen molar-refractivity contribution in [2.45, 2.75) is 39.7 Å². The van der Waals surface area contributed by atoms with Gasteiger partial charge in [-0.3, -0.25) is 9.59 Å². The van der Waals surface area contributed by atoms with E-state index in [0.29, 0.717) is 25.4 Å². The van der Waals surface area contributed by atoms with Crippen LogP contribution in [0.5, 0.6) is 0 Å². The van der Waals surface area contributed by atoms with Gasteiger partial charge in [-0.25, -0.2) is 0 Å². The third kappa shape index (κ3) is 3.84. The van der Waals surface area contributed by atoms with Crippen molar-refractivity contribution in [2.75, 3.05) is 13.1 Å². The minimum absolute atomic E-state index is 0.0108. The molecule has 0 unspecified atom stereocenters. The molecule has 2 amide bonds. The molecule has 0 spiro atoms. The van der Waals surface area contributed by atoms with Gasteiger partial charge in [0, 0.05) is 20.0 Å². The highest BCUT2D eigenvalue weighted by molar-refractivity contribution is 5.79. The van der Waals surface area contributed by atoms with Gasteiger partial charge in [0.25, 0.3) is 0 Å². The molecule has 0 saturated carbocycles. The van der Waals surface area contributed by atoms with E-state index in [-0.39, 0.29) is 17.9 Å². The van der Waals surface area contributed by atoms with Crippen molar-refractivity contribution in [1.82, 2.24) is 10.2 Å². The zero-order valence-electron chi connectivity index (χ0n) is 13.1. The summed E-state index contributed by atoms with van der Waals surface area (Å²) in [5, 5.41) is 2.94. The Morgan fingerprint density at radius 1 is 1.33 bits per heavy atom. The number of amides is 2. The van der Waals surface area contributed by atoms with Crippen LogP contribution in [0, 0.1) is 5.92 Å². The van der Waals surface area contributed by atoms with E-state index in [0.717, 1.165) is 12.0 Å². The summed E-state index contributed by atoms with van der Waals surface area (Å²) in [6.45, 7) is 7.07. The van der Waals surface area contributed by atoms with Crippen LogP contribution in [-0.4, -0.2) is 29.8 Å². The lowest BCUT2D eigenvalue weighted by atomic mass is 9.90. The van der Waals surface area contributed by atoms with E-state index in [1.165, 1.54) is 5.56 Å². The Balaban J connectivity index is 2.16. The summed E-state index contributed by atoms with van der Waals surface area (Å²) >= 11 is 0. The van der Waals surface area contributed by atoms with Crippen molar-refractivity contribution in [1.29, 1.82) is 0 Å². The molecule has 4 heteroatoms. The number of fused-ring (bicyclic) bond motifs is 1. The Bertz CT molecular complexity index is 525. The van der Waals surface area contributed by atoms with Gasteiger partial charge in [0.2, 0.25) is 11.8 Å². The van der Waals surface area contributed by atoms with E-state index >= 15 is 0 Å². The topological polar surface area (TPSA) is 49.4 Å². The number of hydrogen-bond donors (Lipinski definition) is 1. The number of hydrogen-bond acceptors (Lipinski definition) is 2. The summed E-state index contributed by atoms with van der Waals surface area (Å²) < 4.78 is 0. The third-order valence-electron chi connectivity index (χ3n) is 3.90. The summed E-state index contributed by atoms with van der Waals surface area (Å²) in [5.74, 6) is 0.472. The monoisotopic (exact) mass is 288 g/mol. The average Bonchev–Trinajstić information content (AvgIpc) is 2.45. The Morgan fingerprint density at radius 3 is 2.71 bits per heavy atom. The second kappa shape index (κ2) is 6.74. The molecule has 114 valence electrons. The first-order valence-electron chi connectivity index (χ1n) is 7.60. The van der Waals surface area contributed by atoms with Crippen molar-refractivity contribution in [2.24, 2.45) is 5.92 Å². The fourth-order valence-corrected chi connectivity index (χ4v) is 2.81. The van der Waals surface area contributed by atoms with Gasteiger partial charge in [0.05, 0.1) is 12.5 Å². The largest absolute Gasteiger partial charge is 0.356 e. The lowest BCUT2D eigenvalue weighted by Crippen LogP contribution is -2.41. The van der Waals surface area contributed by atoms with Crippen LogP contribution in [0.15, 0.2) is 24.3 Å². The first kappa shape index (κ1) is 15.5. The lowest BCUT2D eigenvalue weighted by molar-refractivity contribution is -0.133. The van der Waals surface area contributed by atoms with Crippen molar-refractivity contribution in [3.8, 4) is 0 Å². The molecule has 2 rings (SSSR count). The zero-order valence-corrected chi connectivity index (χ0v) is 13.1. The lowest BCUT2D eigenvalue weighted by Gasteiger charge is -2.36. The predicted molar refractivity (Wildman–Crippen MR) is 82.7 cm³/mol. The van der Waals surface area contributed by atoms with Crippen LogP contribution in [0.25, 0.3) is 0 Å². The van der Waals surface area contributed by atoms with E-state index < -0.39 is 0 Å². The molecule has 1 atom stereocenters. The standard InChI is InChI=1S/C17H24N2O2/c1-12(2)11-18-17(21)10-16-15-7-5-4-6-14(15)8-9-19(16)13(3)20/h4-7,12,16H,8-11H2,1-3H3,(H,18,21)/t16-/m1/s1. The maximum Gasteiger partial charge on any atom is 0.222 e. The van der Waals surface area contributed by atoms with Gasteiger partial charge >= 0.3 is 0 Å². The van der Waals surface area contributed by atoms with Gasteiger partial charge in [-0.1, -0.05) is 38.1 Å². The Hall–Kier alpha value is -1.84. The van der Waals surface area contributed by atoms with Crippen LogP contribution in [0.4, 0.5) is 0 Å². The van der Waals surface area contributed by atoms with Crippen molar-refractivity contribution in [3.63, 3.8) is 0 Å². The normalized spacial score (nSPS) is 17.5. The van der Waals surface area contributed by atoms with E-state index in [1.807, 2.05) is 23.1 Å². The van der Waals surface area contributed by atoms with Gasteiger partial charge in [0.15, 0.2) is 0 Å². The fourth-order valence-electron chi connectivity index (χ4n) is 2.81. The first-order valence-corrected chi connectivity index (χ1v) is 7.60. The van der Waals surface area contributed by atoms with Gasteiger partial charge < -0.3 is 10.2 Å². The maximum absolute atomic E-state index is 12.1. The summed E-state index contributed by atoms with van der Waals surface area (Å²) in [6, 6.07) is 7.97. The molecule has 0 fully saturated rings. The number of carbonyl (C=O) groups excluding carboxylic acids is 2. The smallest absolute Gasteiger partial charge is 0.222 e. The molecule has 1 aromatic rings. The Kier molecular flexibility index (Phi) is 4.99. The van der Waals surface area contributed by atoms with Crippen molar-refractivity contribution in [3.05, 3.63) is 35.4 Å². The summed E-state index contributed by atoms with van der Waals surface area (Å²) in [5.41, 5.74) is 2.36. The quantitative estimate of drug-likeness (QED) is 0.924. The highest BCUT2D eigenvalue weighted by atomic mass is 16.2. The molecular formula is C17H24N2O2.